The molecule has 1 atom stereocenters. The number of hydrogen-bond donors (Lipinski definition) is 1. The zero-order chi connectivity index (χ0) is 21.7. The monoisotopic (exact) mass is 429 g/mol. The molecule has 0 radical (unpaired) electrons. The minimum atomic E-state index is -0.663. The Morgan fingerprint density at radius 1 is 1.20 bits per heavy atom. The Morgan fingerprint density at radius 2 is 1.93 bits per heavy atom. The van der Waals surface area contributed by atoms with Crippen LogP contribution >= 0.6 is 11.3 Å². The first-order valence-electron chi connectivity index (χ1n) is 9.98. The molecule has 3 rings (SSSR count). The van der Waals surface area contributed by atoms with Gasteiger partial charge in [0.1, 0.15) is 11.5 Å². The number of Topliss-reactive ketones (excluding diaryl/α,β-unsaturated/α-hetero) is 1. The van der Waals surface area contributed by atoms with Crippen LogP contribution in [0.25, 0.3) is 5.76 Å². The van der Waals surface area contributed by atoms with Crippen LogP contribution in [0.1, 0.15) is 36.8 Å². The molecule has 1 aliphatic rings. The van der Waals surface area contributed by atoms with Crippen LogP contribution in [0.2, 0.25) is 0 Å². The number of carbonyl (C=O) groups excluding carboxylic acids is 2. The van der Waals surface area contributed by atoms with Gasteiger partial charge < -0.3 is 19.5 Å². The number of ether oxygens (including phenoxy) is 2. The third-order valence-corrected chi connectivity index (χ3v) is 5.74. The van der Waals surface area contributed by atoms with Crippen LogP contribution in [0.3, 0.4) is 0 Å². The fourth-order valence-electron chi connectivity index (χ4n) is 3.36. The van der Waals surface area contributed by atoms with E-state index in [-0.39, 0.29) is 11.3 Å². The number of likely N-dealkylation sites (tertiary alicyclic amines) is 1. The molecule has 2 aromatic rings. The average molecular weight is 430 g/mol. The number of methoxy groups -OCH3 is 1. The Bertz CT molecular complexity index is 902. The Morgan fingerprint density at radius 3 is 2.53 bits per heavy atom. The Balaban J connectivity index is 1.95. The summed E-state index contributed by atoms with van der Waals surface area (Å²) in [6.07, 6.45) is 0.604. The molecule has 30 heavy (non-hydrogen) atoms. The van der Waals surface area contributed by atoms with E-state index in [1.807, 2.05) is 17.5 Å². The normalized spacial score (nSPS) is 18.4. The van der Waals surface area contributed by atoms with Gasteiger partial charge in [-0.3, -0.25) is 9.59 Å². The van der Waals surface area contributed by atoms with E-state index in [1.54, 1.807) is 31.4 Å². The molecule has 1 N–H and O–H groups in total. The predicted molar refractivity (Wildman–Crippen MR) is 117 cm³/mol. The Hall–Kier alpha value is -2.64. The predicted octanol–water partition coefficient (Wildman–Crippen LogP) is 4.24. The molecule has 1 amide bonds. The highest BCUT2D eigenvalue weighted by Gasteiger charge is 2.46. The second kappa shape index (κ2) is 9.91. The van der Waals surface area contributed by atoms with Crippen LogP contribution in [0.15, 0.2) is 47.4 Å². The quantitative estimate of drug-likeness (QED) is 0.279. The number of aliphatic hydroxyl groups excluding tert-OH is 1. The van der Waals surface area contributed by atoms with Crippen molar-refractivity contribution in [3.8, 4) is 5.75 Å². The molecule has 1 aromatic carbocycles. The van der Waals surface area contributed by atoms with E-state index >= 15 is 0 Å². The standard InChI is InChI=1S/C23H27NO5S/c1-15(2)14-29-17-9-7-16(8-10-17)21(25)19-20(18-6-4-13-30-18)24(11-5-12-28-3)23(27)22(19)26/h4,6-10,13,15,20,25H,5,11-12,14H2,1-3H3/b21-19-. The average Bonchev–Trinajstić information content (AvgIpc) is 3.35. The molecular weight excluding hydrogens is 402 g/mol. The number of nitrogens with zero attached hydrogens (tertiary/aromatic N) is 1. The lowest BCUT2D eigenvalue weighted by atomic mass is 10.00. The highest BCUT2D eigenvalue weighted by Crippen LogP contribution is 2.41. The number of thiophene rings is 1. The van der Waals surface area contributed by atoms with Gasteiger partial charge in [-0.25, -0.2) is 0 Å². The first-order valence-corrected chi connectivity index (χ1v) is 10.9. The number of ketones is 1. The summed E-state index contributed by atoms with van der Waals surface area (Å²) in [6, 6.07) is 10.1. The van der Waals surface area contributed by atoms with Crippen molar-refractivity contribution in [3.63, 3.8) is 0 Å². The van der Waals surface area contributed by atoms with Gasteiger partial charge in [0.05, 0.1) is 18.2 Å². The summed E-state index contributed by atoms with van der Waals surface area (Å²) >= 11 is 1.45. The van der Waals surface area contributed by atoms with E-state index in [4.69, 9.17) is 9.47 Å². The van der Waals surface area contributed by atoms with Crippen LogP contribution in [-0.4, -0.2) is 48.6 Å². The lowest BCUT2D eigenvalue weighted by Crippen LogP contribution is -2.31. The molecule has 1 unspecified atom stereocenters. The van der Waals surface area contributed by atoms with Gasteiger partial charge in [-0.2, -0.15) is 0 Å². The zero-order valence-electron chi connectivity index (χ0n) is 17.5. The number of aliphatic hydroxyl groups is 1. The summed E-state index contributed by atoms with van der Waals surface area (Å²) in [7, 11) is 1.60. The fourth-order valence-corrected chi connectivity index (χ4v) is 4.21. The maximum absolute atomic E-state index is 12.9. The van der Waals surface area contributed by atoms with E-state index in [0.717, 1.165) is 4.88 Å². The van der Waals surface area contributed by atoms with Crippen molar-refractivity contribution in [1.82, 2.24) is 4.90 Å². The number of benzene rings is 1. The first-order chi connectivity index (χ1) is 14.4. The highest BCUT2D eigenvalue weighted by atomic mass is 32.1. The second-order valence-electron chi connectivity index (χ2n) is 7.58. The van der Waals surface area contributed by atoms with Crippen LogP contribution in [0, 0.1) is 5.92 Å². The van der Waals surface area contributed by atoms with Gasteiger partial charge in [0, 0.05) is 30.7 Å². The molecule has 0 spiro atoms. The fraction of sp³-hybridized carbons (Fsp3) is 0.391. The van der Waals surface area contributed by atoms with Gasteiger partial charge in [0.15, 0.2) is 0 Å². The van der Waals surface area contributed by atoms with Gasteiger partial charge in [-0.1, -0.05) is 19.9 Å². The molecule has 0 bridgehead atoms. The smallest absolute Gasteiger partial charge is 0.295 e. The molecule has 7 heteroatoms. The summed E-state index contributed by atoms with van der Waals surface area (Å²) in [6.45, 7) is 5.58. The van der Waals surface area contributed by atoms with E-state index in [9.17, 15) is 14.7 Å². The van der Waals surface area contributed by atoms with E-state index in [1.165, 1.54) is 16.2 Å². The van der Waals surface area contributed by atoms with Gasteiger partial charge in [-0.05, 0) is 48.1 Å². The van der Waals surface area contributed by atoms with Crippen molar-refractivity contribution in [2.45, 2.75) is 26.3 Å². The SMILES string of the molecule is COCCCN1C(=O)C(=O)/C(=C(\O)c2ccc(OCC(C)C)cc2)C1c1cccs1. The summed E-state index contributed by atoms with van der Waals surface area (Å²) in [4.78, 5) is 27.9. The minimum absolute atomic E-state index is 0.121. The maximum atomic E-state index is 12.9. The molecule has 1 aliphatic heterocycles. The number of hydrogen-bond acceptors (Lipinski definition) is 6. The lowest BCUT2D eigenvalue weighted by molar-refractivity contribution is -0.140. The van der Waals surface area contributed by atoms with Crippen molar-refractivity contribution in [2.75, 3.05) is 26.9 Å². The topological polar surface area (TPSA) is 76.1 Å². The van der Waals surface area contributed by atoms with Crippen molar-refractivity contribution in [2.24, 2.45) is 5.92 Å². The Labute approximate surface area is 180 Å². The van der Waals surface area contributed by atoms with Gasteiger partial charge >= 0.3 is 0 Å². The number of amides is 1. The van der Waals surface area contributed by atoms with Crippen molar-refractivity contribution in [1.29, 1.82) is 0 Å². The van der Waals surface area contributed by atoms with E-state index in [2.05, 4.69) is 13.8 Å². The van der Waals surface area contributed by atoms with Gasteiger partial charge in [0.2, 0.25) is 0 Å². The van der Waals surface area contributed by atoms with Crippen LogP contribution in [0.5, 0.6) is 5.75 Å². The molecular formula is C23H27NO5S. The molecule has 160 valence electrons. The zero-order valence-corrected chi connectivity index (χ0v) is 18.3. The van der Waals surface area contributed by atoms with Gasteiger partial charge in [-0.15, -0.1) is 11.3 Å². The molecule has 1 fully saturated rings. The molecule has 6 nitrogen and oxygen atoms in total. The van der Waals surface area contributed by atoms with Gasteiger partial charge in [0.25, 0.3) is 11.7 Å². The van der Waals surface area contributed by atoms with Crippen LogP contribution < -0.4 is 4.74 Å². The Kier molecular flexibility index (Phi) is 7.29. The molecule has 0 saturated carbocycles. The van der Waals surface area contributed by atoms with Crippen molar-refractivity contribution >= 4 is 28.8 Å². The van der Waals surface area contributed by atoms with Crippen molar-refractivity contribution < 1.29 is 24.2 Å². The maximum Gasteiger partial charge on any atom is 0.295 e. The highest BCUT2D eigenvalue weighted by molar-refractivity contribution is 7.10. The third kappa shape index (κ3) is 4.74. The summed E-state index contributed by atoms with van der Waals surface area (Å²) in [5.74, 6) is -0.337. The summed E-state index contributed by atoms with van der Waals surface area (Å²) < 4.78 is 10.8. The molecule has 1 saturated heterocycles. The summed E-state index contributed by atoms with van der Waals surface area (Å²) in [5, 5.41) is 12.9. The molecule has 1 aromatic heterocycles. The van der Waals surface area contributed by atoms with E-state index in [0.29, 0.717) is 43.4 Å². The number of carbonyl (C=O) groups is 2. The largest absolute Gasteiger partial charge is 0.507 e. The minimum Gasteiger partial charge on any atom is -0.507 e. The van der Waals surface area contributed by atoms with E-state index < -0.39 is 17.7 Å². The molecule has 2 heterocycles. The van der Waals surface area contributed by atoms with Crippen LogP contribution in [-0.2, 0) is 14.3 Å². The first kappa shape index (κ1) is 22.1. The second-order valence-corrected chi connectivity index (χ2v) is 8.56. The molecule has 0 aliphatic carbocycles. The van der Waals surface area contributed by atoms with Crippen molar-refractivity contribution in [3.05, 3.63) is 57.8 Å². The third-order valence-electron chi connectivity index (χ3n) is 4.81. The lowest BCUT2D eigenvalue weighted by Gasteiger charge is -2.24. The number of rotatable bonds is 9. The summed E-state index contributed by atoms with van der Waals surface area (Å²) in [5.41, 5.74) is 0.596. The van der Waals surface area contributed by atoms with Crippen LogP contribution in [0.4, 0.5) is 0 Å².